The van der Waals surface area contributed by atoms with Gasteiger partial charge in [0.15, 0.2) is 0 Å². The van der Waals surface area contributed by atoms with Crippen molar-refractivity contribution in [2.24, 2.45) is 0 Å². The summed E-state index contributed by atoms with van der Waals surface area (Å²) in [5.74, 6) is 1.99. The van der Waals surface area contributed by atoms with Gasteiger partial charge in [-0.3, -0.25) is 5.10 Å². The minimum atomic E-state index is -1.01. The smallest absolute Gasteiger partial charge is 0.143 e. The minimum absolute atomic E-state index is 0.531. The van der Waals surface area contributed by atoms with E-state index in [4.69, 9.17) is 15.1 Å². The Morgan fingerprint density at radius 2 is 2.12 bits per heavy atom. The standard InChI is InChI=1S/C18H26N6O2/c1-3-18(25,4-2)14-11-16(24-7-9-26-10-8-24)22-17(13(14)12-19)21-15-5-6-20-23-15/h5-6,11-12,19,25H,3-4,7-10H2,1-2H3,(H2,20,21,22,23). The molecule has 0 amide bonds. The van der Waals surface area contributed by atoms with Gasteiger partial charge in [0.2, 0.25) is 0 Å². The molecule has 2 aromatic heterocycles. The van der Waals surface area contributed by atoms with Crippen LogP contribution < -0.4 is 10.2 Å². The van der Waals surface area contributed by atoms with Gasteiger partial charge in [-0.1, -0.05) is 13.8 Å². The summed E-state index contributed by atoms with van der Waals surface area (Å²) in [5.41, 5.74) is 0.292. The third-order valence-corrected chi connectivity index (χ3v) is 4.95. The van der Waals surface area contributed by atoms with Crippen LogP contribution in [0.15, 0.2) is 18.3 Å². The van der Waals surface area contributed by atoms with Crippen molar-refractivity contribution in [3.63, 3.8) is 0 Å². The van der Waals surface area contributed by atoms with E-state index in [2.05, 4.69) is 20.4 Å². The van der Waals surface area contributed by atoms with Gasteiger partial charge < -0.3 is 25.5 Å². The van der Waals surface area contributed by atoms with Crippen molar-refractivity contribution < 1.29 is 9.84 Å². The van der Waals surface area contributed by atoms with E-state index in [1.807, 2.05) is 19.9 Å². The zero-order chi connectivity index (χ0) is 18.6. The van der Waals surface area contributed by atoms with Crippen molar-refractivity contribution >= 4 is 23.7 Å². The molecule has 0 saturated carbocycles. The van der Waals surface area contributed by atoms with E-state index in [0.29, 0.717) is 43.3 Å². The molecule has 4 N–H and O–H groups in total. The van der Waals surface area contributed by atoms with Crippen LogP contribution in [0.3, 0.4) is 0 Å². The Hall–Kier alpha value is -2.45. The first-order chi connectivity index (χ1) is 12.6. The maximum atomic E-state index is 11.2. The zero-order valence-electron chi connectivity index (χ0n) is 15.2. The summed E-state index contributed by atoms with van der Waals surface area (Å²) in [6.07, 6.45) is 4.01. The van der Waals surface area contributed by atoms with E-state index in [-0.39, 0.29) is 0 Å². The maximum Gasteiger partial charge on any atom is 0.143 e. The van der Waals surface area contributed by atoms with Crippen LogP contribution in [-0.2, 0) is 10.3 Å². The van der Waals surface area contributed by atoms with Gasteiger partial charge in [0.05, 0.1) is 25.0 Å². The van der Waals surface area contributed by atoms with Crippen LogP contribution in [0.25, 0.3) is 0 Å². The lowest BCUT2D eigenvalue weighted by Gasteiger charge is -2.32. The van der Waals surface area contributed by atoms with Crippen LogP contribution >= 0.6 is 0 Å². The largest absolute Gasteiger partial charge is 0.385 e. The number of aromatic amines is 1. The monoisotopic (exact) mass is 358 g/mol. The lowest BCUT2D eigenvalue weighted by atomic mass is 9.86. The molecule has 8 nitrogen and oxygen atoms in total. The summed E-state index contributed by atoms with van der Waals surface area (Å²) >= 11 is 0. The molecule has 0 aliphatic carbocycles. The number of nitrogens with one attached hydrogen (secondary N) is 3. The molecule has 26 heavy (non-hydrogen) atoms. The molecule has 140 valence electrons. The molecular weight excluding hydrogens is 332 g/mol. The molecule has 1 aliphatic heterocycles. The molecule has 0 spiro atoms. The summed E-state index contributed by atoms with van der Waals surface area (Å²) < 4.78 is 5.44. The molecule has 0 radical (unpaired) electrons. The van der Waals surface area contributed by atoms with Crippen LogP contribution in [0, 0.1) is 5.41 Å². The quantitative estimate of drug-likeness (QED) is 0.566. The van der Waals surface area contributed by atoms with Crippen molar-refractivity contribution in [1.29, 1.82) is 5.41 Å². The Bertz CT molecular complexity index is 736. The first-order valence-electron chi connectivity index (χ1n) is 8.98. The molecule has 0 bridgehead atoms. The van der Waals surface area contributed by atoms with Gasteiger partial charge in [-0.25, -0.2) is 4.98 Å². The maximum absolute atomic E-state index is 11.2. The summed E-state index contributed by atoms with van der Waals surface area (Å²) in [4.78, 5) is 6.88. The number of hydrogen-bond donors (Lipinski definition) is 4. The van der Waals surface area contributed by atoms with Crippen LogP contribution in [0.1, 0.15) is 37.8 Å². The van der Waals surface area contributed by atoms with Crippen LogP contribution in [0.4, 0.5) is 17.5 Å². The van der Waals surface area contributed by atoms with Crippen molar-refractivity contribution in [3.05, 3.63) is 29.5 Å². The Morgan fingerprint density at radius 3 is 2.69 bits per heavy atom. The van der Waals surface area contributed by atoms with Crippen molar-refractivity contribution in [2.45, 2.75) is 32.3 Å². The average molecular weight is 358 g/mol. The Kier molecular flexibility index (Phi) is 5.53. The summed E-state index contributed by atoms with van der Waals surface area (Å²) in [7, 11) is 0. The van der Waals surface area contributed by atoms with Crippen LogP contribution in [0.2, 0.25) is 0 Å². The van der Waals surface area contributed by atoms with Gasteiger partial charge in [0.1, 0.15) is 17.5 Å². The lowest BCUT2D eigenvalue weighted by Crippen LogP contribution is -2.37. The number of aliphatic hydroxyl groups is 1. The molecule has 1 fully saturated rings. The SMILES string of the molecule is CCC(O)(CC)c1cc(N2CCOCC2)nc(Nc2ccn[nH]2)c1C=N. The fraction of sp³-hybridized carbons (Fsp3) is 0.500. The van der Waals surface area contributed by atoms with E-state index in [1.165, 1.54) is 6.21 Å². The van der Waals surface area contributed by atoms with E-state index in [1.54, 1.807) is 12.3 Å². The predicted octanol–water partition coefficient (Wildman–Crippen LogP) is 2.39. The minimum Gasteiger partial charge on any atom is -0.385 e. The number of anilines is 3. The number of ether oxygens (including phenoxy) is 1. The summed E-state index contributed by atoms with van der Waals surface area (Å²) in [6, 6.07) is 3.71. The number of rotatable bonds is 7. The van der Waals surface area contributed by atoms with Crippen molar-refractivity contribution in [1.82, 2.24) is 15.2 Å². The predicted molar refractivity (Wildman–Crippen MR) is 102 cm³/mol. The number of morpholine rings is 1. The van der Waals surface area contributed by atoms with Crippen molar-refractivity contribution in [2.75, 3.05) is 36.5 Å². The Balaban J connectivity index is 2.12. The molecule has 8 heteroatoms. The molecule has 3 rings (SSSR count). The second kappa shape index (κ2) is 7.84. The first-order valence-corrected chi connectivity index (χ1v) is 8.98. The molecular formula is C18H26N6O2. The molecule has 0 unspecified atom stereocenters. The van der Waals surface area contributed by atoms with E-state index in [9.17, 15) is 5.11 Å². The third-order valence-electron chi connectivity index (χ3n) is 4.95. The highest BCUT2D eigenvalue weighted by atomic mass is 16.5. The fourth-order valence-corrected chi connectivity index (χ4v) is 3.21. The van der Waals surface area contributed by atoms with Crippen LogP contribution in [0.5, 0.6) is 0 Å². The highest BCUT2D eigenvalue weighted by Gasteiger charge is 2.31. The molecule has 1 saturated heterocycles. The number of pyridine rings is 1. The first kappa shape index (κ1) is 18.3. The fourth-order valence-electron chi connectivity index (χ4n) is 3.21. The second-order valence-electron chi connectivity index (χ2n) is 6.37. The molecule has 2 aromatic rings. The molecule has 3 heterocycles. The molecule has 0 aromatic carbocycles. The van der Waals surface area contributed by atoms with Gasteiger partial charge in [-0.2, -0.15) is 5.10 Å². The third kappa shape index (κ3) is 3.56. The van der Waals surface area contributed by atoms with Gasteiger partial charge in [0.25, 0.3) is 0 Å². The number of H-pyrrole nitrogens is 1. The van der Waals surface area contributed by atoms with Gasteiger partial charge >= 0.3 is 0 Å². The molecule has 1 aliphatic rings. The lowest BCUT2D eigenvalue weighted by molar-refractivity contribution is 0.0282. The average Bonchev–Trinajstić information content (AvgIpc) is 3.20. The van der Waals surface area contributed by atoms with Gasteiger partial charge in [-0.05, 0) is 24.5 Å². The molecule has 0 atom stereocenters. The Morgan fingerprint density at radius 1 is 1.38 bits per heavy atom. The summed E-state index contributed by atoms with van der Waals surface area (Å²) in [6.45, 7) is 6.70. The normalized spacial score (nSPS) is 15.1. The topological polar surface area (TPSA) is 110 Å². The van der Waals surface area contributed by atoms with E-state index >= 15 is 0 Å². The number of aromatic nitrogens is 3. The highest BCUT2D eigenvalue weighted by molar-refractivity contribution is 5.89. The number of nitrogens with zero attached hydrogens (tertiary/aromatic N) is 3. The van der Waals surface area contributed by atoms with Crippen LogP contribution in [-0.4, -0.2) is 52.8 Å². The zero-order valence-corrected chi connectivity index (χ0v) is 15.2. The summed E-state index contributed by atoms with van der Waals surface area (Å²) in [5, 5.41) is 29.1. The highest BCUT2D eigenvalue weighted by Crippen LogP contribution is 2.36. The Labute approximate surface area is 153 Å². The van der Waals surface area contributed by atoms with Gasteiger partial charge in [0, 0.05) is 30.9 Å². The van der Waals surface area contributed by atoms with Gasteiger partial charge in [-0.15, -0.1) is 0 Å². The number of hydrogen-bond acceptors (Lipinski definition) is 7. The second-order valence-corrected chi connectivity index (χ2v) is 6.37. The van der Waals surface area contributed by atoms with E-state index < -0.39 is 5.60 Å². The van der Waals surface area contributed by atoms with Crippen molar-refractivity contribution in [3.8, 4) is 0 Å². The van der Waals surface area contributed by atoms with E-state index in [0.717, 1.165) is 24.5 Å².